The Balaban J connectivity index is 2.72. The molecule has 0 aromatic carbocycles. The van der Waals surface area contributed by atoms with Crippen LogP contribution in [0.4, 0.5) is 0 Å². The normalized spacial score (nSPS) is 31.9. The van der Waals surface area contributed by atoms with Crippen molar-refractivity contribution in [1.82, 2.24) is 5.32 Å². The van der Waals surface area contributed by atoms with Crippen LogP contribution < -0.4 is 11.1 Å². The summed E-state index contributed by atoms with van der Waals surface area (Å²) in [5, 5.41) is 11.5. The van der Waals surface area contributed by atoms with Gasteiger partial charge in [0.05, 0.1) is 11.1 Å². The molecular weight excluding hydrogens is 152 g/mol. The Morgan fingerprint density at radius 1 is 1.90 bits per heavy atom. The third-order valence-electron chi connectivity index (χ3n) is 1.46. The highest BCUT2D eigenvalue weighted by atomic mass is 32.1. The van der Waals surface area contributed by atoms with Crippen LogP contribution in [-0.4, -0.2) is 28.7 Å². The Kier molecular flexibility index (Phi) is 1.87. The molecular formula is C5H8N2O2S. The number of nitrogens with one attached hydrogen (secondary N) is 1. The van der Waals surface area contributed by atoms with Crippen molar-refractivity contribution in [2.24, 2.45) is 11.7 Å². The van der Waals surface area contributed by atoms with Gasteiger partial charge in [-0.3, -0.25) is 4.79 Å². The molecule has 1 heterocycles. The second-order valence-electron chi connectivity index (χ2n) is 2.19. The minimum atomic E-state index is -0.745. The molecule has 0 aliphatic carbocycles. The number of hydrogen-bond acceptors (Lipinski definition) is 3. The number of hydrogen-bond donors (Lipinski definition) is 3. The number of thiocarbonyl (C=S) groups is 1. The van der Waals surface area contributed by atoms with Crippen molar-refractivity contribution in [3.05, 3.63) is 0 Å². The topological polar surface area (TPSA) is 75.4 Å². The van der Waals surface area contributed by atoms with Gasteiger partial charge in [-0.05, 0) is 0 Å². The van der Waals surface area contributed by atoms with Gasteiger partial charge in [-0.15, -0.1) is 0 Å². The molecule has 1 aliphatic heterocycles. The predicted molar refractivity (Wildman–Crippen MR) is 39.3 cm³/mol. The number of carbonyl (C=O) groups is 1. The van der Waals surface area contributed by atoms with Crippen LogP contribution in [-0.2, 0) is 4.79 Å². The SMILES string of the molecule is NC(=S)C1C(=O)NCC1O. The summed E-state index contributed by atoms with van der Waals surface area (Å²) in [6.07, 6.45) is -0.745. The predicted octanol–water partition coefficient (Wildman–Crippen LogP) is -1.62. The lowest BCUT2D eigenvalue weighted by atomic mass is 10.1. The van der Waals surface area contributed by atoms with Gasteiger partial charge < -0.3 is 16.2 Å². The first kappa shape index (κ1) is 7.43. The second-order valence-corrected chi connectivity index (χ2v) is 2.66. The first-order valence-corrected chi connectivity index (χ1v) is 3.29. The quantitative estimate of drug-likeness (QED) is 0.403. The van der Waals surface area contributed by atoms with Gasteiger partial charge in [-0.2, -0.15) is 0 Å². The van der Waals surface area contributed by atoms with Gasteiger partial charge >= 0.3 is 0 Å². The molecule has 10 heavy (non-hydrogen) atoms. The Hall–Kier alpha value is -0.680. The molecule has 1 rings (SSSR count). The molecule has 2 unspecified atom stereocenters. The number of nitrogens with two attached hydrogens (primary N) is 1. The molecule has 2 atom stereocenters. The minimum Gasteiger partial charge on any atom is -0.393 e. The van der Waals surface area contributed by atoms with Crippen molar-refractivity contribution < 1.29 is 9.90 Å². The lowest BCUT2D eigenvalue weighted by Crippen LogP contribution is -2.33. The van der Waals surface area contributed by atoms with Gasteiger partial charge in [0.15, 0.2) is 0 Å². The second kappa shape index (κ2) is 2.51. The highest BCUT2D eigenvalue weighted by molar-refractivity contribution is 7.80. The smallest absolute Gasteiger partial charge is 0.232 e. The molecule has 1 fully saturated rings. The van der Waals surface area contributed by atoms with Crippen molar-refractivity contribution in [3.63, 3.8) is 0 Å². The van der Waals surface area contributed by atoms with E-state index in [0.29, 0.717) is 0 Å². The number of aliphatic hydroxyl groups is 1. The molecule has 0 aromatic rings. The summed E-state index contributed by atoms with van der Waals surface area (Å²) in [5.74, 6) is -0.963. The molecule has 1 amide bonds. The maximum Gasteiger partial charge on any atom is 0.232 e. The van der Waals surface area contributed by atoms with E-state index in [1.54, 1.807) is 0 Å². The summed E-state index contributed by atoms with van der Waals surface area (Å²) in [6, 6.07) is 0. The number of amides is 1. The summed E-state index contributed by atoms with van der Waals surface area (Å²) in [5.41, 5.74) is 5.19. The zero-order valence-electron chi connectivity index (χ0n) is 5.20. The summed E-state index contributed by atoms with van der Waals surface area (Å²) in [7, 11) is 0. The minimum absolute atomic E-state index is 0.0579. The van der Waals surface area contributed by atoms with Gasteiger partial charge in [0.1, 0.15) is 5.92 Å². The van der Waals surface area contributed by atoms with Crippen LogP contribution in [0.5, 0.6) is 0 Å². The zero-order valence-corrected chi connectivity index (χ0v) is 6.02. The van der Waals surface area contributed by atoms with E-state index in [9.17, 15) is 4.79 Å². The van der Waals surface area contributed by atoms with Crippen molar-refractivity contribution in [1.29, 1.82) is 0 Å². The van der Waals surface area contributed by atoms with Crippen molar-refractivity contribution in [3.8, 4) is 0 Å². The number of carbonyl (C=O) groups excluding carboxylic acids is 1. The van der Waals surface area contributed by atoms with Crippen LogP contribution in [0.2, 0.25) is 0 Å². The Morgan fingerprint density at radius 2 is 2.50 bits per heavy atom. The van der Waals surface area contributed by atoms with E-state index in [0.717, 1.165) is 0 Å². The lowest BCUT2D eigenvalue weighted by Gasteiger charge is -2.07. The fourth-order valence-corrected chi connectivity index (χ4v) is 1.19. The van der Waals surface area contributed by atoms with E-state index in [-0.39, 0.29) is 17.4 Å². The van der Waals surface area contributed by atoms with Crippen LogP contribution in [0, 0.1) is 5.92 Å². The van der Waals surface area contributed by atoms with Gasteiger partial charge in [0.25, 0.3) is 0 Å². The van der Waals surface area contributed by atoms with E-state index < -0.39 is 12.0 Å². The largest absolute Gasteiger partial charge is 0.393 e. The van der Waals surface area contributed by atoms with Crippen LogP contribution >= 0.6 is 12.2 Å². The molecule has 1 saturated heterocycles. The third kappa shape index (κ3) is 1.10. The van der Waals surface area contributed by atoms with Gasteiger partial charge in [0, 0.05) is 6.54 Å². The maximum atomic E-state index is 10.8. The van der Waals surface area contributed by atoms with E-state index >= 15 is 0 Å². The van der Waals surface area contributed by atoms with Crippen molar-refractivity contribution >= 4 is 23.1 Å². The molecule has 0 aromatic heterocycles. The summed E-state index contributed by atoms with van der Waals surface area (Å²) < 4.78 is 0. The average Bonchev–Trinajstić information content (AvgIpc) is 2.11. The molecule has 4 N–H and O–H groups in total. The van der Waals surface area contributed by atoms with Crippen LogP contribution in [0.25, 0.3) is 0 Å². The highest BCUT2D eigenvalue weighted by Gasteiger charge is 2.35. The molecule has 1 aliphatic rings. The van der Waals surface area contributed by atoms with E-state index in [4.69, 9.17) is 10.8 Å². The highest BCUT2D eigenvalue weighted by Crippen LogP contribution is 2.09. The number of aliphatic hydroxyl groups excluding tert-OH is 1. The Morgan fingerprint density at radius 3 is 2.70 bits per heavy atom. The molecule has 56 valence electrons. The van der Waals surface area contributed by atoms with E-state index in [1.165, 1.54) is 0 Å². The summed E-state index contributed by atoms with van der Waals surface area (Å²) in [4.78, 5) is 10.8. The molecule has 0 bridgehead atoms. The van der Waals surface area contributed by atoms with Gasteiger partial charge in [0.2, 0.25) is 5.91 Å². The molecule has 4 nitrogen and oxygen atoms in total. The van der Waals surface area contributed by atoms with E-state index in [1.807, 2.05) is 0 Å². The fraction of sp³-hybridized carbons (Fsp3) is 0.600. The number of rotatable bonds is 1. The molecule has 0 spiro atoms. The maximum absolute atomic E-state index is 10.8. The number of β-amino-alcohol motifs (C(OH)–C–C–N with tert-alkyl or cyclic N) is 1. The fourth-order valence-electron chi connectivity index (χ4n) is 0.927. The summed E-state index contributed by atoms with van der Waals surface area (Å²) in [6.45, 7) is 0.251. The van der Waals surface area contributed by atoms with Crippen LogP contribution in [0.3, 0.4) is 0 Å². The molecule has 5 heteroatoms. The average molecular weight is 160 g/mol. The lowest BCUT2D eigenvalue weighted by molar-refractivity contribution is -0.121. The molecule has 0 saturated carbocycles. The zero-order chi connectivity index (χ0) is 7.72. The van der Waals surface area contributed by atoms with Gasteiger partial charge in [-0.1, -0.05) is 12.2 Å². The monoisotopic (exact) mass is 160 g/mol. The van der Waals surface area contributed by atoms with Crippen LogP contribution in [0.1, 0.15) is 0 Å². The van der Waals surface area contributed by atoms with Gasteiger partial charge in [-0.25, -0.2) is 0 Å². The molecule has 0 radical (unpaired) electrons. The summed E-state index contributed by atoms with van der Waals surface area (Å²) >= 11 is 4.57. The standard InChI is InChI=1S/C5H8N2O2S/c6-4(10)3-2(8)1-7-5(3)9/h2-3,8H,1H2,(H2,6,10)(H,7,9). The Bertz CT molecular complexity index is 182. The van der Waals surface area contributed by atoms with E-state index in [2.05, 4.69) is 17.5 Å². The van der Waals surface area contributed by atoms with Crippen molar-refractivity contribution in [2.45, 2.75) is 6.10 Å². The Labute approximate surface area is 63.4 Å². The van der Waals surface area contributed by atoms with Crippen LogP contribution in [0.15, 0.2) is 0 Å². The third-order valence-corrected chi connectivity index (χ3v) is 1.71. The first-order valence-electron chi connectivity index (χ1n) is 2.88. The van der Waals surface area contributed by atoms with Crippen molar-refractivity contribution in [2.75, 3.05) is 6.54 Å². The first-order chi connectivity index (χ1) is 4.63.